The maximum Gasteiger partial charge on any atom is 0.341 e. The molecule has 6 nitrogen and oxygen atoms in total. The van der Waals surface area contributed by atoms with E-state index in [1.165, 1.54) is 6.20 Å². The highest BCUT2D eigenvalue weighted by atomic mass is 16.5. The van der Waals surface area contributed by atoms with E-state index in [1.807, 2.05) is 19.4 Å². The lowest BCUT2D eigenvalue weighted by molar-refractivity contribution is 0.0526. The van der Waals surface area contributed by atoms with Gasteiger partial charge in [0, 0.05) is 26.0 Å². The van der Waals surface area contributed by atoms with E-state index in [2.05, 4.69) is 10.2 Å². The summed E-state index contributed by atoms with van der Waals surface area (Å²) in [6, 6.07) is 0. The molecule has 0 saturated heterocycles. The number of ether oxygens (including phenoxy) is 1. The van der Waals surface area contributed by atoms with Gasteiger partial charge in [0.1, 0.15) is 0 Å². The van der Waals surface area contributed by atoms with Crippen LogP contribution >= 0.6 is 0 Å². The molecule has 96 valence electrons. The van der Waals surface area contributed by atoms with Crippen LogP contribution < -0.4 is 0 Å². The normalized spacial score (nSPS) is 10.6. The number of hydrogen-bond acceptors (Lipinski definition) is 4. The van der Waals surface area contributed by atoms with E-state index in [1.54, 1.807) is 22.5 Å². The quantitative estimate of drug-likeness (QED) is 0.742. The molecule has 2 heterocycles. The summed E-state index contributed by atoms with van der Waals surface area (Å²) in [4.78, 5) is 11.4. The highest BCUT2D eigenvalue weighted by Gasteiger charge is 2.09. The molecule has 0 aliphatic rings. The summed E-state index contributed by atoms with van der Waals surface area (Å²) in [7, 11) is 1.89. The molecule has 0 radical (unpaired) electrons. The molecule has 2 aromatic heterocycles. The summed E-state index contributed by atoms with van der Waals surface area (Å²) >= 11 is 0. The number of carbonyl (C=O) groups is 1. The Morgan fingerprint density at radius 1 is 1.33 bits per heavy atom. The van der Waals surface area contributed by atoms with Gasteiger partial charge in [-0.3, -0.25) is 9.36 Å². The maximum atomic E-state index is 11.4. The molecule has 0 bridgehead atoms. The molecule has 0 aromatic carbocycles. The van der Waals surface area contributed by atoms with Crippen LogP contribution in [0.1, 0.15) is 22.8 Å². The van der Waals surface area contributed by atoms with Crippen LogP contribution in [0.5, 0.6) is 0 Å². The summed E-state index contributed by atoms with van der Waals surface area (Å²) in [6.45, 7) is 2.87. The van der Waals surface area contributed by atoms with Crippen LogP contribution in [0, 0.1) is 0 Å². The van der Waals surface area contributed by atoms with Gasteiger partial charge in [-0.1, -0.05) is 0 Å². The number of rotatable bonds is 5. The van der Waals surface area contributed by atoms with Crippen molar-refractivity contribution in [3.63, 3.8) is 0 Å². The lowest BCUT2D eigenvalue weighted by Gasteiger charge is -1.99. The molecule has 0 amide bonds. The fraction of sp³-hybridized carbons (Fsp3) is 0.417. The third-order valence-electron chi connectivity index (χ3n) is 2.53. The molecule has 0 fully saturated rings. The minimum atomic E-state index is -0.329. The minimum Gasteiger partial charge on any atom is -0.462 e. The topological polar surface area (TPSA) is 61.9 Å². The zero-order chi connectivity index (χ0) is 13.0. The van der Waals surface area contributed by atoms with Gasteiger partial charge in [-0.15, -0.1) is 0 Å². The smallest absolute Gasteiger partial charge is 0.341 e. The van der Waals surface area contributed by atoms with Crippen LogP contribution in [0.2, 0.25) is 0 Å². The van der Waals surface area contributed by atoms with Crippen molar-refractivity contribution < 1.29 is 9.53 Å². The average Bonchev–Trinajstić information content (AvgIpc) is 2.95. The van der Waals surface area contributed by atoms with Crippen molar-refractivity contribution in [2.75, 3.05) is 6.61 Å². The Morgan fingerprint density at radius 2 is 2.17 bits per heavy atom. The monoisotopic (exact) mass is 248 g/mol. The molecule has 0 saturated carbocycles. The van der Waals surface area contributed by atoms with Gasteiger partial charge in [0.2, 0.25) is 0 Å². The summed E-state index contributed by atoms with van der Waals surface area (Å²) in [5.41, 5.74) is 1.63. The molecule has 0 aliphatic carbocycles. The Morgan fingerprint density at radius 3 is 2.83 bits per heavy atom. The number of aryl methyl sites for hydroxylation is 3. The molecule has 0 unspecified atom stereocenters. The first kappa shape index (κ1) is 12.3. The van der Waals surface area contributed by atoms with Gasteiger partial charge in [-0.25, -0.2) is 4.79 Å². The molecule has 6 heteroatoms. The van der Waals surface area contributed by atoms with Crippen molar-refractivity contribution in [3.8, 4) is 0 Å². The second-order valence-corrected chi connectivity index (χ2v) is 3.98. The second-order valence-electron chi connectivity index (χ2n) is 3.98. The predicted octanol–water partition coefficient (Wildman–Crippen LogP) is 1.04. The van der Waals surface area contributed by atoms with E-state index in [9.17, 15) is 4.79 Å². The van der Waals surface area contributed by atoms with Crippen LogP contribution in [-0.2, 0) is 24.8 Å². The Bertz CT molecular complexity index is 530. The van der Waals surface area contributed by atoms with E-state index in [4.69, 9.17) is 4.74 Å². The second kappa shape index (κ2) is 5.48. The molecule has 2 aromatic rings. The number of hydrogen-bond donors (Lipinski definition) is 0. The van der Waals surface area contributed by atoms with E-state index >= 15 is 0 Å². The molecule has 0 spiro atoms. The summed E-state index contributed by atoms with van der Waals surface area (Å²) in [5, 5.41) is 8.23. The Balaban J connectivity index is 1.92. The maximum absolute atomic E-state index is 11.4. The Hall–Kier alpha value is -2.11. The molecule has 18 heavy (non-hydrogen) atoms. The highest BCUT2D eigenvalue weighted by molar-refractivity contribution is 5.88. The predicted molar refractivity (Wildman–Crippen MR) is 65.1 cm³/mol. The average molecular weight is 248 g/mol. The van der Waals surface area contributed by atoms with Crippen molar-refractivity contribution in [2.45, 2.75) is 19.9 Å². The van der Waals surface area contributed by atoms with Gasteiger partial charge >= 0.3 is 5.97 Å². The van der Waals surface area contributed by atoms with Crippen molar-refractivity contribution in [1.82, 2.24) is 19.6 Å². The zero-order valence-electron chi connectivity index (χ0n) is 10.5. The fourth-order valence-corrected chi connectivity index (χ4v) is 1.65. The lowest BCUT2D eigenvalue weighted by Crippen LogP contribution is -2.04. The number of esters is 1. The van der Waals surface area contributed by atoms with E-state index < -0.39 is 0 Å². The fourth-order valence-electron chi connectivity index (χ4n) is 1.65. The molecule has 0 N–H and O–H groups in total. The van der Waals surface area contributed by atoms with Crippen molar-refractivity contribution >= 4 is 5.97 Å². The SMILES string of the molecule is CCOC(=O)c1cnn(CCc2cnn(C)c2)c1. The van der Waals surface area contributed by atoms with Crippen LogP contribution in [-0.4, -0.2) is 32.1 Å². The van der Waals surface area contributed by atoms with Gasteiger partial charge in [0.05, 0.1) is 24.6 Å². The standard InChI is InChI=1S/C12H16N4O2/c1-3-18-12(17)11-7-14-16(9-11)5-4-10-6-13-15(2)8-10/h6-9H,3-5H2,1-2H3. The Labute approximate surface area is 105 Å². The molecule has 0 atom stereocenters. The van der Waals surface area contributed by atoms with E-state index in [0.717, 1.165) is 12.0 Å². The van der Waals surface area contributed by atoms with Crippen molar-refractivity contribution in [1.29, 1.82) is 0 Å². The molecular weight excluding hydrogens is 232 g/mol. The van der Waals surface area contributed by atoms with Gasteiger partial charge in [0.25, 0.3) is 0 Å². The van der Waals surface area contributed by atoms with Crippen molar-refractivity contribution in [3.05, 3.63) is 35.9 Å². The third-order valence-corrected chi connectivity index (χ3v) is 2.53. The number of nitrogens with zero attached hydrogens (tertiary/aromatic N) is 4. The third kappa shape index (κ3) is 2.97. The highest BCUT2D eigenvalue weighted by Crippen LogP contribution is 2.03. The van der Waals surface area contributed by atoms with Gasteiger partial charge < -0.3 is 4.74 Å². The zero-order valence-corrected chi connectivity index (χ0v) is 10.5. The van der Waals surface area contributed by atoms with Crippen LogP contribution in [0.4, 0.5) is 0 Å². The number of carbonyl (C=O) groups excluding carboxylic acids is 1. The van der Waals surface area contributed by atoms with Crippen LogP contribution in [0.3, 0.4) is 0 Å². The van der Waals surface area contributed by atoms with Gasteiger partial charge in [0.15, 0.2) is 0 Å². The van der Waals surface area contributed by atoms with Crippen LogP contribution in [0.25, 0.3) is 0 Å². The van der Waals surface area contributed by atoms with Crippen LogP contribution in [0.15, 0.2) is 24.8 Å². The first-order chi connectivity index (χ1) is 8.69. The number of aromatic nitrogens is 4. The minimum absolute atomic E-state index is 0.329. The van der Waals surface area contributed by atoms with Gasteiger partial charge in [-0.05, 0) is 18.9 Å². The largest absolute Gasteiger partial charge is 0.462 e. The first-order valence-electron chi connectivity index (χ1n) is 5.86. The Kier molecular flexibility index (Phi) is 3.76. The lowest BCUT2D eigenvalue weighted by atomic mass is 10.2. The molecule has 0 aliphatic heterocycles. The van der Waals surface area contributed by atoms with Crippen molar-refractivity contribution in [2.24, 2.45) is 7.05 Å². The van der Waals surface area contributed by atoms with E-state index in [0.29, 0.717) is 18.7 Å². The summed E-state index contributed by atoms with van der Waals surface area (Å²) < 4.78 is 8.40. The summed E-state index contributed by atoms with van der Waals surface area (Å²) in [6.07, 6.45) is 7.86. The van der Waals surface area contributed by atoms with Gasteiger partial charge in [-0.2, -0.15) is 10.2 Å². The van der Waals surface area contributed by atoms with E-state index in [-0.39, 0.29) is 5.97 Å². The first-order valence-corrected chi connectivity index (χ1v) is 5.86. The molecule has 2 rings (SSSR count). The summed E-state index contributed by atoms with van der Waals surface area (Å²) in [5.74, 6) is -0.329. The molecular formula is C12H16N4O2.